The number of rotatable bonds is 6. The van der Waals surface area contributed by atoms with Crippen molar-refractivity contribution in [3.8, 4) is 0 Å². The average Bonchev–Trinajstić information content (AvgIpc) is 3.04. The number of anilines is 2. The molecule has 2 saturated heterocycles. The van der Waals surface area contributed by atoms with Crippen LogP contribution < -0.4 is 10.2 Å². The van der Waals surface area contributed by atoms with Crippen molar-refractivity contribution in [3.63, 3.8) is 0 Å². The van der Waals surface area contributed by atoms with E-state index in [0.29, 0.717) is 32.0 Å². The van der Waals surface area contributed by atoms with Gasteiger partial charge in [-0.3, -0.25) is 4.79 Å². The fourth-order valence-corrected chi connectivity index (χ4v) is 5.16. The van der Waals surface area contributed by atoms with Crippen LogP contribution in [0.4, 0.5) is 11.4 Å². The smallest absolute Gasteiger partial charge is 0.248 e. The first-order valence-corrected chi connectivity index (χ1v) is 12.0. The maximum absolute atomic E-state index is 13.1. The third-order valence-corrected chi connectivity index (χ3v) is 7.23. The summed E-state index contributed by atoms with van der Waals surface area (Å²) in [7, 11) is -3.64. The molecule has 1 aromatic carbocycles. The zero-order valence-corrected chi connectivity index (χ0v) is 18.4. The SMILES string of the molecule is C/C=C/C=C/C(=O)Nc1cc(S(=O)(=O)N2CCOCC2)ccc1N1CCCCCC1. The number of sulfonamides is 1. The summed E-state index contributed by atoms with van der Waals surface area (Å²) in [6, 6.07) is 5.06. The summed E-state index contributed by atoms with van der Waals surface area (Å²) < 4.78 is 32.9. The quantitative estimate of drug-likeness (QED) is 0.551. The lowest BCUT2D eigenvalue weighted by atomic mass is 10.2. The van der Waals surface area contributed by atoms with E-state index < -0.39 is 10.0 Å². The molecule has 1 amide bonds. The first-order chi connectivity index (χ1) is 14.5. The van der Waals surface area contributed by atoms with Gasteiger partial charge in [0.2, 0.25) is 15.9 Å². The maximum atomic E-state index is 13.1. The van der Waals surface area contributed by atoms with Crippen LogP contribution in [0.2, 0.25) is 0 Å². The Morgan fingerprint density at radius 1 is 1.03 bits per heavy atom. The molecule has 2 aliphatic heterocycles. The summed E-state index contributed by atoms with van der Waals surface area (Å²) >= 11 is 0. The molecule has 0 unspecified atom stereocenters. The van der Waals surface area contributed by atoms with Gasteiger partial charge in [-0.15, -0.1) is 0 Å². The van der Waals surface area contributed by atoms with Crippen LogP contribution in [0.1, 0.15) is 32.6 Å². The van der Waals surface area contributed by atoms with Crippen molar-refractivity contribution in [3.05, 3.63) is 42.5 Å². The monoisotopic (exact) mass is 433 g/mol. The fraction of sp³-hybridized carbons (Fsp3) is 0.500. The van der Waals surface area contributed by atoms with E-state index in [1.807, 2.05) is 19.1 Å². The number of nitrogens with zero attached hydrogens (tertiary/aromatic N) is 2. The molecule has 0 saturated carbocycles. The molecule has 0 spiro atoms. The Morgan fingerprint density at radius 2 is 1.73 bits per heavy atom. The number of carbonyl (C=O) groups excluding carboxylic acids is 1. The maximum Gasteiger partial charge on any atom is 0.248 e. The standard InChI is InChI=1S/C22H31N3O4S/c1-2-3-6-9-22(26)23-20-18-19(30(27,28)25-14-16-29-17-15-25)10-11-21(20)24-12-7-4-5-8-13-24/h2-3,6,9-11,18H,4-5,7-8,12-17H2,1H3,(H,23,26)/b3-2+,9-6+. The second-order valence-electron chi connectivity index (χ2n) is 7.47. The van der Waals surface area contributed by atoms with Crippen LogP contribution in [0.25, 0.3) is 0 Å². The highest BCUT2D eigenvalue weighted by molar-refractivity contribution is 7.89. The van der Waals surface area contributed by atoms with E-state index in [1.54, 1.807) is 24.3 Å². The Labute approximate surface area is 179 Å². The lowest BCUT2D eigenvalue weighted by Crippen LogP contribution is -2.40. The van der Waals surface area contributed by atoms with Crippen molar-refractivity contribution in [2.75, 3.05) is 49.6 Å². The molecule has 3 rings (SSSR count). The van der Waals surface area contributed by atoms with E-state index >= 15 is 0 Å². The lowest BCUT2D eigenvalue weighted by molar-refractivity contribution is -0.111. The predicted molar refractivity (Wildman–Crippen MR) is 119 cm³/mol. The minimum Gasteiger partial charge on any atom is -0.379 e. The molecule has 1 aromatic rings. The Hall–Kier alpha value is -2.16. The molecular weight excluding hydrogens is 402 g/mol. The lowest BCUT2D eigenvalue weighted by Gasteiger charge is -2.28. The molecular formula is C22H31N3O4S. The highest BCUT2D eigenvalue weighted by Crippen LogP contribution is 2.32. The third-order valence-electron chi connectivity index (χ3n) is 5.33. The first kappa shape index (κ1) is 22.5. The number of hydrogen-bond acceptors (Lipinski definition) is 5. The van der Waals surface area contributed by atoms with Gasteiger partial charge in [0.15, 0.2) is 0 Å². The molecule has 164 valence electrons. The number of morpholine rings is 1. The van der Waals surface area contributed by atoms with Gasteiger partial charge in [-0.1, -0.05) is 31.1 Å². The summed E-state index contributed by atoms with van der Waals surface area (Å²) in [4.78, 5) is 14.9. The van der Waals surface area contributed by atoms with E-state index in [9.17, 15) is 13.2 Å². The molecule has 30 heavy (non-hydrogen) atoms. The largest absolute Gasteiger partial charge is 0.379 e. The Morgan fingerprint density at radius 3 is 2.40 bits per heavy atom. The highest BCUT2D eigenvalue weighted by atomic mass is 32.2. The van der Waals surface area contributed by atoms with Gasteiger partial charge in [0, 0.05) is 32.3 Å². The van der Waals surface area contributed by atoms with Gasteiger partial charge < -0.3 is 15.0 Å². The van der Waals surface area contributed by atoms with E-state index in [-0.39, 0.29) is 10.8 Å². The summed E-state index contributed by atoms with van der Waals surface area (Å²) in [5.74, 6) is -0.287. The number of allylic oxidation sites excluding steroid dienone is 3. The number of nitrogens with one attached hydrogen (secondary N) is 1. The van der Waals surface area contributed by atoms with Crippen LogP contribution in [-0.2, 0) is 19.6 Å². The van der Waals surface area contributed by atoms with Gasteiger partial charge in [0.25, 0.3) is 0 Å². The van der Waals surface area contributed by atoms with E-state index in [4.69, 9.17) is 4.74 Å². The molecule has 7 nitrogen and oxygen atoms in total. The topological polar surface area (TPSA) is 79.0 Å². The van der Waals surface area contributed by atoms with Gasteiger partial charge >= 0.3 is 0 Å². The molecule has 0 bridgehead atoms. The number of benzene rings is 1. The second-order valence-corrected chi connectivity index (χ2v) is 9.41. The third kappa shape index (κ3) is 5.71. The molecule has 0 atom stereocenters. The van der Waals surface area contributed by atoms with Gasteiger partial charge in [-0.05, 0) is 38.0 Å². The minimum absolute atomic E-state index is 0.190. The molecule has 2 aliphatic rings. The molecule has 0 radical (unpaired) electrons. The van der Waals surface area contributed by atoms with Crippen molar-refractivity contribution < 1.29 is 17.9 Å². The van der Waals surface area contributed by atoms with Crippen LogP contribution in [0.3, 0.4) is 0 Å². The van der Waals surface area contributed by atoms with Crippen molar-refractivity contribution >= 4 is 27.3 Å². The van der Waals surface area contributed by atoms with Crippen LogP contribution in [-0.4, -0.2) is 58.0 Å². The molecule has 2 fully saturated rings. The predicted octanol–water partition coefficient (Wildman–Crippen LogP) is 3.16. The van der Waals surface area contributed by atoms with Crippen LogP contribution in [0, 0.1) is 0 Å². The van der Waals surface area contributed by atoms with Crippen LogP contribution >= 0.6 is 0 Å². The molecule has 1 N–H and O–H groups in total. The second kappa shape index (κ2) is 10.7. The average molecular weight is 434 g/mol. The van der Waals surface area contributed by atoms with Gasteiger partial charge in [-0.25, -0.2) is 8.42 Å². The number of amides is 1. The van der Waals surface area contributed by atoms with Crippen LogP contribution in [0.5, 0.6) is 0 Å². The fourth-order valence-electron chi connectivity index (χ4n) is 3.73. The molecule has 2 heterocycles. The highest BCUT2D eigenvalue weighted by Gasteiger charge is 2.27. The van der Waals surface area contributed by atoms with Gasteiger partial charge in [0.1, 0.15) is 0 Å². The Kier molecular flexibility index (Phi) is 8.07. The van der Waals surface area contributed by atoms with Gasteiger partial charge in [0.05, 0.1) is 29.5 Å². The first-order valence-electron chi connectivity index (χ1n) is 10.6. The minimum atomic E-state index is -3.64. The van der Waals surface area contributed by atoms with Crippen molar-refractivity contribution in [2.24, 2.45) is 0 Å². The van der Waals surface area contributed by atoms with Crippen molar-refractivity contribution in [2.45, 2.75) is 37.5 Å². The van der Waals surface area contributed by atoms with E-state index in [2.05, 4.69) is 10.2 Å². The van der Waals surface area contributed by atoms with Crippen molar-refractivity contribution in [1.29, 1.82) is 0 Å². The summed E-state index contributed by atoms with van der Waals surface area (Å²) in [5, 5.41) is 2.89. The van der Waals surface area contributed by atoms with Crippen LogP contribution in [0.15, 0.2) is 47.4 Å². The van der Waals surface area contributed by atoms with Gasteiger partial charge in [-0.2, -0.15) is 4.31 Å². The number of ether oxygens (including phenoxy) is 1. The van der Waals surface area contributed by atoms with Crippen molar-refractivity contribution in [1.82, 2.24) is 4.31 Å². The summed E-state index contributed by atoms with van der Waals surface area (Å²) in [6.45, 7) is 5.13. The number of hydrogen-bond donors (Lipinski definition) is 1. The summed E-state index contributed by atoms with van der Waals surface area (Å²) in [6.07, 6.45) is 11.3. The normalized spacial score (nSPS) is 19.3. The zero-order chi connectivity index (χ0) is 21.4. The molecule has 8 heteroatoms. The summed E-state index contributed by atoms with van der Waals surface area (Å²) in [5.41, 5.74) is 1.40. The number of carbonyl (C=O) groups is 1. The zero-order valence-electron chi connectivity index (χ0n) is 17.5. The molecule has 0 aromatic heterocycles. The Bertz CT molecular complexity index is 882. The van der Waals surface area contributed by atoms with E-state index in [0.717, 1.165) is 31.6 Å². The molecule has 0 aliphatic carbocycles. The van der Waals surface area contributed by atoms with E-state index in [1.165, 1.54) is 23.2 Å². The Balaban J connectivity index is 1.93.